The molecule has 0 spiro atoms. The van der Waals surface area contributed by atoms with Crippen molar-refractivity contribution < 1.29 is 4.79 Å². The van der Waals surface area contributed by atoms with Crippen molar-refractivity contribution in [2.45, 2.75) is 18.6 Å². The summed E-state index contributed by atoms with van der Waals surface area (Å²) in [4.78, 5) is 32.5. The fraction of sp³-hybridized carbons (Fsp3) is 0.188. The van der Waals surface area contributed by atoms with Gasteiger partial charge in [0.1, 0.15) is 30.1 Å². The summed E-state index contributed by atoms with van der Waals surface area (Å²) in [6.07, 6.45) is 4.23. The SMILES string of the molecule is N#Cc1cccnc1N1CCNC[C@H]1c1ccc(Cl)cc1.[C-]#[N+]c1ccc(C=O)cc1.[C-]#[N+]c1ccc(CN2CCN(c3ncccc3C#N)[C@H](c3ccc(Cl)cc3)C2)cc1. The standard InChI is InChI=1S/C24H20ClN5.C16H15ClN4.C8H5NO/c1-27-22-10-4-18(5-11-22)16-29-13-14-30(24-20(15-26)3-2-12-28-24)23(17-29)19-6-8-21(25)9-7-19;17-14-5-3-12(4-6-14)15-11-19-8-9-21(15)16-13(10-18)2-1-7-20-16;1-9-8-4-2-7(6-10)3-5-8/h2-12,23H,13-14,16-17H2;1-7,15,19H,8-9,11H2;2-6H/t23-;15-;/m00./s1. The Balaban J connectivity index is 0.000000173. The van der Waals surface area contributed by atoms with E-state index < -0.39 is 0 Å². The fourth-order valence-electron chi connectivity index (χ4n) is 7.14. The molecule has 0 aliphatic carbocycles. The molecule has 8 rings (SSSR count). The van der Waals surface area contributed by atoms with Gasteiger partial charge in [-0.25, -0.2) is 19.7 Å². The number of hydrogen-bond acceptors (Lipinski definition) is 9. The van der Waals surface area contributed by atoms with Crippen LogP contribution >= 0.6 is 23.2 Å². The number of anilines is 2. The lowest BCUT2D eigenvalue weighted by atomic mass is 10.0. The maximum atomic E-state index is 10.1. The lowest BCUT2D eigenvalue weighted by Crippen LogP contribution is -2.48. The van der Waals surface area contributed by atoms with Crippen molar-refractivity contribution in [1.82, 2.24) is 20.2 Å². The highest BCUT2D eigenvalue weighted by Gasteiger charge is 2.31. The summed E-state index contributed by atoms with van der Waals surface area (Å²) in [6.45, 7) is 19.5. The van der Waals surface area contributed by atoms with Crippen LogP contribution < -0.4 is 15.1 Å². The van der Waals surface area contributed by atoms with Crippen molar-refractivity contribution in [3.8, 4) is 12.1 Å². The first-order valence-corrected chi connectivity index (χ1v) is 20.2. The third-order valence-corrected chi connectivity index (χ3v) is 10.7. The molecular formula is C48H40Cl2N10O. The van der Waals surface area contributed by atoms with E-state index in [0.717, 1.165) is 74.3 Å². The molecule has 11 nitrogen and oxygen atoms in total. The number of aldehydes is 1. The number of nitrogens with zero attached hydrogens (tertiary/aromatic N) is 9. The summed E-state index contributed by atoms with van der Waals surface area (Å²) in [5.41, 5.74) is 6.50. The Morgan fingerprint density at radius 1 is 0.689 bits per heavy atom. The normalized spacial score (nSPS) is 15.8. The Kier molecular flexibility index (Phi) is 15.5. The molecule has 302 valence electrons. The first kappa shape index (κ1) is 43.5. The van der Waals surface area contributed by atoms with Gasteiger partial charge in [0, 0.05) is 73.8 Å². The molecule has 4 aromatic carbocycles. The number of benzene rings is 4. The zero-order valence-electron chi connectivity index (χ0n) is 33.1. The number of halogens is 2. The molecule has 1 N–H and O–H groups in total. The second-order valence-electron chi connectivity index (χ2n) is 14.0. The maximum absolute atomic E-state index is 10.1. The Morgan fingerprint density at radius 2 is 1.20 bits per heavy atom. The van der Waals surface area contributed by atoms with Gasteiger partial charge in [-0.2, -0.15) is 10.5 Å². The second-order valence-corrected chi connectivity index (χ2v) is 14.9. The van der Waals surface area contributed by atoms with E-state index in [9.17, 15) is 15.3 Å². The highest BCUT2D eigenvalue weighted by Crippen LogP contribution is 2.33. The van der Waals surface area contributed by atoms with E-state index in [2.05, 4.69) is 51.8 Å². The van der Waals surface area contributed by atoms with Crippen molar-refractivity contribution in [1.29, 1.82) is 10.5 Å². The number of nitriles is 2. The number of piperazine rings is 2. The number of pyridine rings is 2. The summed E-state index contributed by atoms with van der Waals surface area (Å²) in [7, 11) is 0. The quantitative estimate of drug-likeness (QED) is 0.124. The fourth-order valence-corrected chi connectivity index (χ4v) is 7.39. The highest BCUT2D eigenvalue weighted by molar-refractivity contribution is 6.30. The van der Waals surface area contributed by atoms with E-state index in [1.54, 1.807) is 48.8 Å². The van der Waals surface area contributed by atoms with Crippen molar-refractivity contribution in [3.05, 3.63) is 200 Å². The molecule has 2 fully saturated rings. The van der Waals surface area contributed by atoms with Crippen molar-refractivity contribution >= 4 is 52.5 Å². The lowest BCUT2D eigenvalue weighted by Gasteiger charge is -2.42. The molecule has 6 aromatic rings. The largest absolute Gasteiger partial charge is 0.346 e. The molecule has 2 saturated heterocycles. The number of carbonyl (C=O) groups is 1. The Bertz CT molecular complexity index is 2560. The zero-order chi connectivity index (χ0) is 43.0. The van der Waals surface area contributed by atoms with Crippen molar-refractivity contribution in [2.24, 2.45) is 0 Å². The summed E-state index contributed by atoms with van der Waals surface area (Å²) < 4.78 is 0. The number of hydrogen-bond donors (Lipinski definition) is 1. The first-order valence-electron chi connectivity index (χ1n) is 19.4. The molecule has 0 bridgehead atoms. The third kappa shape index (κ3) is 11.6. The maximum Gasteiger partial charge on any atom is 0.187 e. The Hall–Kier alpha value is -7.09. The Labute approximate surface area is 366 Å². The van der Waals surface area contributed by atoms with Crippen LogP contribution in [0.2, 0.25) is 10.0 Å². The van der Waals surface area contributed by atoms with Crippen molar-refractivity contribution in [3.63, 3.8) is 0 Å². The summed E-state index contributed by atoms with van der Waals surface area (Å²) in [5.74, 6) is 1.47. The minimum atomic E-state index is 0.0560. The molecule has 0 saturated carbocycles. The van der Waals surface area contributed by atoms with Crippen LogP contribution in [0.5, 0.6) is 0 Å². The zero-order valence-corrected chi connectivity index (χ0v) is 34.6. The molecule has 0 amide bonds. The van der Waals surface area contributed by atoms with Crippen LogP contribution in [-0.4, -0.2) is 60.4 Å². The molecule has 2 atom stereocenters. The van der Waals surface area contributed by atoms with E-state index in [4.69, 9.17) is 36.3 Å². The number of aromatic nitrogens is 2. The first-order chi connectivity index (χ1) is 29.8. The predicted octanol–water partition coefficient (Wildman–Crippen LogP) is 10.0. The van der Waals surface area contributed by atoms with Gasteiger partial charge in [-0.05, 0) is 65.2 Å². The highest BCUT2D eigenvalue weighted by atomic mass is 35.5. The summed E-state index contributed by atoms with van der Waals surface area (Å²) in [6, 6.07) is 41.9. The van der Waals surface area contributed by atoms with Crippen molar-refractivity contribution in [2.75, 3.05) is 49.1 Å². The summed E-state index contributed by atoms with van der Waals surface area (Å²) >= 11 is 12.1. The molecule has 61 heavy (non-hydrogen) atoms. The second kappa shape index (κ2) is 21.8. The molecule has 2 aliphatic heterocycles. The average molecular weight is 844 g/mol. The van der Waals surface area contributed by atoms with Gasteiger partial charge in [-0.15, -0.1) is 0 Å². The van der Waals surface area contributed by atoms with Crippen LogP contribution in [-0.2, 0) is 6.54 Å². The summed E-state index contributed by atoms with van der Waals surface area (Å²) in [5, 5.41) is 23.7. The van der Waals surface area contributed by atoms with Gasteiger partial charge in [-0.3, -0.25) is 9.69 Å². The van der Waals surface area contributed by atoms with E-state index in [1.807, 2.05) is 84.9 Å². The molecule has 2 aliphatic rings. The van der Waals surface area contributed by atoms with E-state index in [1.165, 1.54) is 11.1 Å². The van der Waals surface area contributed by atoms with Gasteiger partial charge in [0.05, 0.1) is 36.4 Å². The van der Waals surface area contributed by atoms with Gasteiger partial charge in [-0.1, -0.05) is 96.0 Å². The molecule has 0 unspecified atom stereocenters. The Morgan fingerprint density at radius 3 is 1.70 bits per heavy atom. The van der Waals surface area contributed by atoms with Gasteiger partial charge in [0.25, 0.3) is 0 Å². The number of rotatable bonds is 7. The smallest absolute Gasteiger partial charge is 0.187 e. The molecule has 0 radical (unpaired) electrons. The van der Waals surface area contributed by atoms with E-state index >= 15 is 0 Å². The lowest BCUT2D eigenvalue weighted by molar-refractivity contribution is 0.112. The predicted molar refractivity (Wildman–Crippen MR) is 240 cm³/mol. The third-order valence-electron chi connectivity index (χ3n) is 10.2. The van der Waals surface area contributed by atoms with Crippen LogP contribution in [0.25, 0.3) is 9.69 Å². The average Bonchev–Trinajstić information content (AvgIpc) is 3.32. The van der Waals surface area contributed by atoms with Gasteiger partial charge in [0.15, 0.2) is 11.4 Å². The molecule has 4 heterocycles. The van der Waals surface area contributed by atoms with E-state index in [-0.39, 0.29) is 12.1 Å². The number of nitrogens with one attached hydrogen (secondary N) is 1. The minimum Gasteiger partial charge on any atom is -0.346 e. The van der Waals surface area contributed by atoms with Gasteiger partial charge in [0.2, 0.25) is 0 Å². The van der Waals surface area contributed by atoms with Crippen LogP contribution in [0, 0.1) is 35.8 Å². The van der Waals surface area contributed by atoms with E-state index in [0.29, 0.717) is 33.1 Å². The van der Waals surface area contributed by atoms with Gasteiger partial charge >= 0.3 is 0 Å². The molecule has 2 aromatic heterocycles. The van der Waals surface area contributed by atoms with Crippen LogP contribution in [0.3, 0.4) is 0 Å². The molecule has 13 heteroatoms. The van der Waals surface area contributed by atoms with Crippen LogP contribution in [0.1, 0.15) is 50.3 Å². The topological polar surface area (TPSA) is 121 Å². The van der Waals surface area contributed by atoms with Crippen LogP contribution in [0.4, 0.5) is 23.0 Å². The minimum absolute atomic E-state index is 0.0560. The monoisotopic (exact) mass is 842 g/mol. The van der Waals surface area contributed by atoms with Crippen LogP contribution in [0.15, 0.2) is 134 Å². The molecular weight excluding hydrogens is 804 g/mol. The van der Waals surface area contributed by atoms with Gasteiger partial charge < -0.3 is 15.1 Å². The number of carbonyl (C=O) groups excluding carboxylic acids is 1.